The third kappa shape index (κ3) is 2.79. The van der Waals surface area contributed by atoms with Crippen LogP contribution >= 0.6 is 0 Å². The Balaban J connectivity index is 3.09. The highest BCUT2D eigenvalue weighted by Gasteiger charge is 2.11. The van der Waals surface area contributed by atoms with Crippen molar-refractivity contribution in [3.63, 3.8) is 0 Å². The summed E-state index contributed by atoms with van der Waals surface area (Å²) in [6, 6.07) is 2.63. The SMILES string of the molecule is CC(=O)c1cc(F)c(C)cc1NCC(N)=O. The lowest BCUT2D eigenvalue weighted by molar-refractivity contribution is -0.116. The van der Waals surface area contributed by atoms with Crippen LogP contribution in [-0.2, 0) is 4.79 Å². The molecular formula is C11H13FN2O2. The third-order valence-electron chi connectivity index (χ3n) is 2.13. The number of nitrogens with one attached hydrogen (secondary N) is 1. The lowest BCUT2D eigenvalue weighted by atomic mass is 10.1. The van der Waals surface area contributed by atoms with Gasteiger partial charge in [0.25, 0.3) is 0 Å². The predicted octanol–water partition coefficient (Wildman–Crippen LogP) is 1.23. The molecule has 16 heavy (non-hydrogen) atoms. The Bertz CT molecular complexity index is 444. The maximum Gasteiger partial charge on any atom is 0.236 e. The maximum atomic E-state index is 13.2. The van der Waals surface area contributed by atoms with Crippen molar-refractivity contribution >= 4 is 17.4 Å². The molecule has 0 atom stereocenters. The molecule has 0 aromatic heterocycles. The molecule has 0 radical (unpaired) electrons. The highest BCUT2D eigenvalue weighted by atomic mass is 19.1. The number of carbonyl (C=O) groups excluding carboxylic acids is 2. The van der Waals surface area contributed by atoms with E-state index < -0.39 is 11.7 Å². The van der Waals surface area contributed by atoms with Crippen molar-refractivity contribution in [2.75, 3.05) is 11.9 Å². The molecule has 0 saturated heterocycles. The molecule has 0 aliphatic carbocycles. The van der Waals surface area contributed by atoms with E-state index in [0.29, 0.717) is 11.3 Å². The zero-order chi connectivity index (χ0) is 12.3. The summed E-state index contributed by atoms with van der Waals surface area (Å²) in [7, 11) is 0. The van der Waals surface area contributed by atoms with Gasteiger partial charge < -0.3 is 11.1 Å². The van der Waals surface area contributed by atoms with Crippen LogP contribution in [0.5, 0.6) is 0 Å². The number of hydrogen-bond donors (Lipinski definition) is 2. The largest absolute Gasteiger partial charge is 0.376 e. The summed E-state index contributed by atoms with van der Waals surface area (Å²) in [6.45, 7) is 2.82. The first-order valence-corrected chi connectivity index (χ1v) is 4.75. The molecule has 1 rings (SSSR count). The average molecular weight is 224 g/mol. The summed E-state index contributed by atoms with van der Waals surface area (Å²) in [5, 5.41) is 2.70. The first-order valence-electron chi connectivity index (χ1n) is 4.75. The van der Waals surface area contributed by atoms with E-state index in [4.69, 9.17) is 5.73 Å². The van der Waals surface area contributed by atoms with Crippen LogP contribution in [-0.4, -0.2) is 18.2 Å². The van der Waals surface area contributed by atoms with Gasteiger partial charge in [0.1, 0.15) is 5.82 Å². The van der Waals surface area contributed by atoms with Crippen LogP contribution in [0.25, 0.3) is 0 Å². The van der Waals surface area contributed by atoms with E-state index in [1.165, 1.54) is 13.0 Å². The van der Waals surface area contributed by atoms with Crippen LogP contribution in [0.3, 0.4) is 0 Å². The zero-order valence-electron chi connectivity index (χ0n) is 9.13. The van der Waals surface area contributed by atoms with Crippen molar-refractivity contribution in [1.29, 1.82) is 0 Å². The molecule has 4 nitrogen and oxygen atoms in total. The monoisotopic (exact) mass is 224 g/mol. The molecule has 0 heterocycles. The van der Waals surface area contributed by atoms with Crippen LogP contribution in [0.4, 0.5) is 10.1 Å². The maximum absolute atomic E-state index is 13.2. The summed E-state index contributed by atoms with van der Waals surface area (Å²) in [5.74, 6) is -1.27. The predicted molar refractivity (Wildman–Crippen MR) is 58.8 cm³/mol. The fraction of sp³-hybridized carbons (Fsp3) is 0.273. The van der Waals surface area contributed by atoms with E-state index in [2.05, 4.69) is 5.32 Å². The number of nitrogens with two attached hydrogens (primary N) is 1. The molecule has 0 fully saturated rings. The van der Waals surface area contributed by atoms with Gasteiger partial charge in [0.15, 0.2) is 5.78 Å². The number of carbonyl (C=O) groups is 2. The van der Waals surface area contributed by atoms with Gasteiger partial charge in [-0.3, -0.25) is 9.59 Å². The van der Waals surface area contributed by atoms with Crippen molar-refractivity contribution in [3.8, 4) is 0 Å². The van der Waals surface area contributed by atoms with Gasteiger partial charge in [-0.1, -0.05) is 0 Å². The smallest absolute Gasteiger partial charge is 0.236 e. The summed E-state index contributed by atoms with van der Waals surface area (Å²) in [5.41, 5.74) is 6.01. The van der Waals surface area contributed by atoms with Crippen molar-refractivity contribution in [2.45, 2.75) is 13.8 Å². The van der Waals surface area contributed by atoms with Gasteiger partial charge in [0, 0.05) is 11.3 Å². The molecule has 3 N–H and O–H groups in total. The second kappa shape index (κ2) is 4.74. The number of benzene rings is 1. The summed E-state index contributed by atoms with van der Waals surface area (Å²) >= 11 is 0. The third-order valence-corrected chi connectivity index (χ3v) is 2.13. The van der Waals surface area contributed by atoms with E-state index in [1.54, 1.807) is 6.92 Å². The normalized spacial score (nSPS) is 9.94. The Hall–Kier alpha value is -1.91. The number of rotatable bonds is 4. The van der Waals surface area contributed by atoms with Crippen molar-refractivity contribution in [1.82, 2.24) is 0 Å². The number of halogens is 1. The molecule has 0 spiro atoms. The summed E-state index contributed by atoms with van der Waals surface area (Å²) in [6.07, 6.45) is 0. The zero-order valence-corrected chi connectivity index (χ0v) is 9.13. The van der Waals surface area contributed by atoms with Crippen molar-refractivity contribution in [2.24, 2.45) is 5.73 Å². The number of Topliss-reactive ketones (excluding diaryl/α,β-unsaturated/α-hetero) is 1. The summed E-state index contributed by atoms with van der Waals surface area (Å²) in [4.78, 5) is 21.9. The average Bonchev–Trinajstić information content (AvgIpc) is 2.18. The Morgan fingerprint density at radius 1 is 1.44 bits per heavy atom. The van der Waals surface area contributed by atoms with E-state index in [1.807, 2.05) is 0 Å². The number of hydrogen-bond acceptors (Lipinski definition) is 3. The molecule has 0 aliphatic heterocycles. The van der Waals surface area contributed by atoms with Gasteiger partial charge in [-0.25, -0.2) is 4.39 Å². The standard InChI is InChI=1S/C11H13FN2O2/c1-6-3-10(14-5-11(13)16)8(7(2)15)4-9(6)12/h3-4,14H,5H2,1-2H3,(H2,13,16). The lowest BCUT2D eigenvalue weighted by Gasteiger charge is -2.10. The molecular weight excluding hydrogens is 211 g/mol. The van der Waals surface area contributed by atoms with E-state index >= 15 is 0 Å². The van der Waals surface area contributed by atoms with E-state index in [-0.39, 0.29) is 17.9 Å². The lowest BCUT2D eigenvalue weighted by Crippen LogP contribution is -2.22. The second-order valence-electron chi connectivity index (χ2n) is 3.52. The van der Waals surface area contributed by atoms with E-state index in [9.17, 15) is 14.0 Å². The first-order chi connectivity index (χ1) is 7.41. The highest BCUT2D eigenvalue weighted by Crippen LogP contribution is 2.20. The highest BCUT2D eigenvalue weighted by molar-refractivity contribution is 6.00. The number of anilines is 1. The number of aryl methyl sites for hydroxylation is 1. The Morgan fingerprint density at radius 3 is 2.56 bits per heavy atom. The quantitative estimate of drug-likeness (QED) is 0.755. The molecule has 86 valence electrons. The van der Waals surface area contributed by atoms with Gasteiger partial charge in [-0.15, -0.1) is 0 Å². The first kappa shape index (κ1) is 12.2. The Morgan fingerprint density at radius 2 is 2.06 bits per heavy atom. The second-order valence-corrected chi connectivity index (χ2v) is 3.52. The molecule has 5 heteroatoms. The van der Waals surface area contributed by atoms with Gasteiger partial charge in [0.05, 0.1) is 6.54 Å². The van der Waals surface area contributed by atoms with Crippen LogP contribution in [0.15, 0.2) is 12.1 Å². The molecule has 1 amide bonds. The van der Waals surface area contributed by atoms with Crippen molar-refractivity contribution < 1.29 is 14.0 Å². The Kier molecular flexibility index (Phi) is 3.60. The number of amides is 1. The molecule has 1 aromatic carbocycles. The molecule has 0 saturated carbocycles. The number of ketones is 1. The molecule has 0 unspecified atom stereocenters. The van der Waals surface area contributed by atoms with Crippen LogP contribution in [0.2, 0.25) is 0 Å². The topological polar surface area (TPSA) is 72.2 Å². The van der Waals surface area contributed by atoms with Crippen LogP contribution in [0, 0.1) is 12.7 Å². The number of primary amides is 1. The van der Waals surface area contributed by atoms with Gasteiger partial charge in [-0.05, 0) is 31.5 Å². The minimum atomic E-state index is -0.545. The van der Waals surface area contributed by atoms with Crippen LogP contribution in [0.1, 0.15) is 22.8 Å². The summed E-state index contributed by atoms with van der Waals surface area (Å²) < 4.78 is 13.2. The van der Waals surface area contributed by atoms with E-state index in [0.717, 1.165) is 6.07 Å². The Labute approximate surface area is 92.6 Å². The molecule has 0 bridgehead atoms. The van der Waals surface area contributed by atoms with Gasteiger partial charge >= 0.3 is 0 Å². The van der Waals surface area contributed by atoms with Crippen LogP contribution < -0.4 is 11.1 Å². The minimum absolute atomic E-state index is 0.0919. The minimum Gasteiger partial charge on any atom is -0.376 e. The molecule has 1 aromatic rings. The van der Waals surface area contributed by atoms with Crippen molar-refractivity contribution in [3.05, 3.63) is 29.1 Å². The fourth-order valence-corrected chi connectivity index (χ4v) is 1.30. The fourth-order valence-electron chi connectivity index (χ4n) is 1.30. The van der Waals surface area contributed by atoms with Gasteiger partial charge in [-0.2, -0.15) is 0 Å². The molecule has 0 aliphatic rings. The van der Waals surface area contributed by atoms with Gasteiger partial charge in [0.2, 0.25) is 5.91 Å².